The molecule has 0 radical (unpaired) electrons. The highest BCUT2D eigenvalue weighted by molar-refractivity contribution is 6.02. The van der Waals surface area contributed by atoms with Crippen LogP contribution in [0.2, 0.25) is 0 Å². The molecule has 26 heavy (non-hydrogen) atoms. The number of anilines is 1. The van der Waals surface area contributed by atoms with Crippen LogP contribution < -0.4 is 5.32 Å². The summed E-state index contributed by atoms with van der Waals surface area (Å²) in [5.74, 6) is 0.289. The zero-order chi connectivity index (χ0) is 17.8. The minimum atomic E-state index is -0.201. The summed E-state index contributed by atoms with van der Waals surface area (Å²) in [6.45, 7) is 0. The summed E-state index contributed by atoms with van der Waals surface area (Å²) in [7, 11) is 0. The Balaban J connectivity index is 1.52. The molecule has 1 N–H and O–H groups in total. The van der Waals surface area contributed by atoms with Gasteiger partial charge in [-0.05, 0) is 29.8 Å². The van der Waals surface area contributed by atoms with Crippen molar-refractivity contribution in [3.05, 3.63) is 84.7 Å². The molecule has 2 aromatic carbocycles. The summed E-state index contributed by atoms with van der Waals surface area (Å²) in [5.41, 5.74) is 3.80. The van der Waals surface area contributed by atoms with Crippen molar-refractivity contribution in [1.29, 1.82) is 0 Å². The van der Waals surface area contributed by atoms with Crippen LogP contribution in [0.4, 0.5) is 5.69 Å². The minimum absolute atomic E-state index is 0.201. The van der Waals surface area contributed by atoms with E-state index >= 15 is 0 Å². The molecule has 0 spiro atoms. The van der Waals surface area contributed by atoms with Crippen LogP contribution in [0.25, 0.3) is 28.6 Å². The molecule has 2 aromatic heterocycles. The topological polar surface area (TPSA) is 68.0 Å². The normalized spacial score (nSPS) is 11.1. The number of carbonyl (C=O) groups excluding carboxylic acids is 1. The van der Waals surface area contributed by atoms with Gasteiger partial charge in [-0.2, -0.15) is 0 Å². The number of nitrogens with zero attached hydrogens (tertiary/aromatic N) is 2. The molecule has 0 bridgehead atoms. The molecule has 4 aromatic rings. The number of hydrogen-bond donors (Lipinski definition) is 1. The Labute approximate surface area is 150 Å². The van der Waals surface area contributed by atoms with Gasteiger partial charge in [-0.3, -0.25) is 9.78 Å². The average Bonchev–Trinajstić information content (AvgIpc) is 3.12. The van der Waals surface area contributed by atoms with E-state index < -0.39 is 0 Å². The monoisotopic (exact) mass is 341 g/mol. The first kappa shape index (κ1) is 15.8. The lowest BCUT2D eigenvalue weighted by molar-refractivity contribution is -0.111. The second-order valence-electron chi connectivity index (χ2n) is 5.68. The van der Waals surface area contributed by atoms with Crippen molar-refractivity contribution in [3.8, 4) is 11.5 Å². The Kier molecular flexibility index (Phi) is 4.26. The number of hydrogen-bond acceptors (Lipinski definition) is 4. The molecule has 0 atom stereocenters. The number of nitrogens with one attached hydrogen (secondary N) is 1. The van der Waals surface area contributed by atoms with E-state index in [1.165, 1.54) is 6.08 Å². The van der Waals surface area contributed by atoms with Crippen molar-refractivity contribution < 1.29 is 9.21 Å². The number of benzene rings is 2. The van der Waals surface area contributed by atoms with Crippen molar-refractivity contribution in [2.75, 3.05) is 5.32 Å². The van der Waals surface area contributed by atoms with E-state index in [1.807, 2.05) is 54.6 Å². The third-order valence-electron chi connectivity index (χ3n) is 3.79. The van der Waals surface area contributed by atoms with Gasteiger partial charge in [-0.15, -0.1) is 0 Å². The summed E-state index contributed by atoms with van der Waals surface area (Å²) in [6.07, 6.45) is 6.59. The van der Waals surface area contributed by atoms with Gasteiger partial charge in [-0.25, -0.2) is 4.98 Å². The summed E-state index contributed by atoms with van der Waals surface area (Å²) >= 11 is 0. The number of oxazole rings is 1. The number of rotatable bonds is 4. The van der Waals surface area contributed by atoms with Crippen molar-refractivity contribution in [1.82, 2.24) is 9.97 Å². The lowest BCUT2D eigenvalue weighted by Gasteiger charge is -2.03. The first-order chi connectivity index (χ1) is 12.8. The van der Waals surface area contributed by atoms with Crippen LogP contribution in [0.3, 0.4) is 0 Å². The predicted molar refractivity (Wildman–Crippen MR) is 101 cm³/mol. The summed E-state index contributed by atoms with van der Waals surface area (Å²) in [4.78, 5) is 20.6. The maximum atomic E-state index is 12.1. The Morgan fingerprint density at radius 1 is 1.04 bits per heavy atom. The van der Waals surface area contributed by atoms with Gasteiger partial charge in [0, 0.05) is 29.6 Å². The second kappa shape index (κ2) is 7.03. The quantitative estimate of drug-likeness (QED) is 0.553. The highest BCUT2D eigenvalue weighted by Gasteiger charge is 2.09. The number of amides is 1. The number of pyridine rings is 1. The van der Waals surface area contributed by atoms with E-state index in [2.05, 4.69) is 15.3 Å². The van der Waals surface area contributed by atoms with E-state index in [4.69, 9.17) is 4.42 Å². The summed E-state index contributed by atoms with van der Waals surface area (Å²) < 4.78 is 5.74. The van der Waals surface area contributed by atoms with E-state index in [0.29, 0.717) is 22.7 Å². The second-order valence-corrected chi connectivity index (χ2v) is 5.68. The lowest BCUT2D eigenvalue weighted by atomic mass is 10.2. The molecule has 5 heteroatoms. The molecular formula is C21H15N3O2. The smallest absolute Gasteiger partial charge is 0.248 e. The molecule has 1 amide bonds. The van der Waals surface area contributed by atoms with E-state index in [0.717, 1.165) is 11.1 Å². The van der Waals surface area contributed by atoms with E-state index in [9.17, 15) is 4.79 Å². The Morgan fingerprint density at radius 2 is 1.92 bits per heavy atom. The molecule has 126 valence electrons. The molecule has 2 heterocycles. The summed E-state index contributed by atoms with van der Waals surface area (Å²) in [6, 6.07) is 18.8. The molecule has 0 fully saturated rings. The predicted octanol–water partition coefficient (Wildman–Crippen LogP) is 4.54. The number of fused-ring (bicyclic) bond motifs is 1. The van der Waals surface area contributed by atoms with Crippen LogP contribution >= 0.6 is 0 Å². The van der Waals surface area contributed by atoms with Crippen molar-refractivity contribution >= 4 is 28.8 Å². The fourth-order valence-electron chi connectivity index (χ4n) is 2.55. The van der Waals surface area contributed by atoms with Gasteiger partial charge in [0.15, 0.2) is 5.58 Å². The fraction of sp³-hybridized carbons (Fsp3) is 0. The molecule has 0 aliphatic heterocycles. The number of aromatic nitrogens is 2. The van der Waals surface area contributed by atoms with Gasteiger partial charge in [-0.1, -0.05) is 36.4 Å². The van der Waals surface area contributed by atoms with Crippen molar-refractivity contribution in [2.24, 2.45) is 0 Å². The first-order valence-electron chi connectivity index (χ1n) is 8.13. The standard InChI is InChI=1S/C21H15N3O2/c25-20(10-9-15-5-2-1-3-6-15)23-17-8-4-7-16(13-17)21-24-18-14-22-12-11-19(18)26-21/h1-14H,(H,23,25). The Bertz CT molecular complexity index is 1050. The van der Waals surface area contributed by atoms with Crippen molar-refractivity contribution in [3.63, 3.8) is 0 Å². The zero-order valence-corrected chi connectivity index (χ0v) is 13.8. The van der Waals surface area contributed by atoms with Gasteiger partial charge in [0.2, 0.25) is 11.8 Å². The minimum Gasteiger partial charge on any atom is -0.436 e. The molecule has 0 saturated carbocycles. The van der Waals surface area contributed by atoms with Crippen LogP contribution in [0, 0.1) is 0 Å². The maximum absolute atomic E-state index is 12.1. The van der Waals surface area contributed by atoms with Crippen LogP contribution in [0.15, 0.2) is 83.6 Å². The van der Waals surface area contributed by atoms with Crippen LogP contribution in [0.1, 0.15) is 5.56 Å². The van der Waals surface area contributed by atoms with Gasteiger partial charge in [0.05, 0.1) is 6.20 Å². The first-order valence-corrected chi connectivity index (χ1v) is 8.13. The maximum Gasteiger partial charge on any atom is 0.248 e. The molecule has 0 aliphatic carbocycles. The third kappa shape index (κ3) is 3.52. The number of carbonyl (C=O) groups is 1. The molecule has 0 aliphatic rings. The van der Waals surface area contributed by atoms with Crippen LogP contribution in [0.5, 0.6) is 0 Å². The van der Waals surface area contributed by atoms with E-state index in [-0.39, 0.29) is 5.91 Å². The molecule has 5 nitrogen and oxygen atoms in total. The highest BCUT2D eigenvalue weighted by atomic mass is 16.3. The molecule has 4 rings (SSSR count). The van der Waals surface area contributed by atoms with Gasteiger partial charge >= 0.3 is 0 Å². The summed E-state index contributed by atoms with van der Waals surface area (Å²) in [5, 5.41) is 2.85. The molecular weight excluding hydrogens is 326 g/mol. The van der Waals surface area contributed by atoms with Crippen LogP contribution in [-0.4, -0.2) is 15.9 Å². The molecule has 0 unspecified atom stereocenters. The van der Waals surface area contributed by atoms with Gasteiger partial charge in [0.1, 0.15) is 5.52 Å². The highest BCUT2D eigenvalue weighted by Crippen LogP contribution is 2.25. The average molecular weight is 341 g/mol. The van der Waals surface area contributed by atoms with Gasteiger partial charge < -0.3 is 9.73 Å². The SMILES string of the molecule is O=C(C=Cc1ccccc1)Nc1cccc(-c2nc3cnccc3o2)c1. The van der Waals surface area contributed by atoms with Crippen LogP contribution in [-0.2, 0) is 4.79 Å². The molecule has 0 saturated heterocycles. The third-order valence-corrected chi connectivity index (χ3v) is 3.79. The Morgan fingerprint density at radius 3 is 2.77 bits per heavy atom. The Hall–Kier alpha value is -3.73. The zero-order valence-electron chi connectivity index (χ0n) is 13.8. The van der Waals surface area contributed by atoms with Gasteiger partial charge in [0.25, 0.3) is 0 Å². The lowest BCUT2D eigenvalue weighted by Crippen LogP contribution is -2.07. The van der Waals surface area contributed by atoms with Crippen molar-refractivity contribution in [2.45, 2.75) is 0 Å². The fourth-order valence-corrected chi connectivity index (χ4v) is 2.55. The van der Waals surface area contributed by atoms with E-state index in [1.54, 1.807) is 24.5 Å². The largest absolute Gasteiger partial charge is 0.436 e.